The Morgan fingerprint density at radius 3 is 2.33 bits per heavy atom. The monoisotopic (exact) mass is 296 g/mol. The van der Waals surface area contributed by atoms with Gasteiger partial charge in [-0.3, -0.25) is 4.89 Å². The molecule has 0 spiro atoms. The van der Waals surface area contributed by atoms with Gasteiger partial charge in [0, 0.05) is 0 Å². The summed E-state index contributed by atoms with van der Waals surface area (Å²) in [5.41, 5.74) is 1.39. The molecule has 21 heavy (non-hydrogen) atoms. The molecule has 0 aliphatic heterocycles. The number of ether oxygens (including phenoxy) is 1. The Labute approximate surface area is 123 Å². The number of carbonyl (C=O) groups excluding carboxylic acids is 2. The highest BCUT2D eigenvalue weighted by Gasteiger charge is 2.11. The van der Waals surface area contributed by atoms with Gasteiger partial charge in [0.15, 0.2) is 0 Å². The van der Waals surface area contributed by atoms with E-state index < -0.39 is 12.1 Å². The van der Waals surface area contributed by atoms with Gasteiger partial charge in [-0.05, 0) is 30.5 Å². The van der Waals surface area contributed by atoms with Crippen molar-refractivity contribution < 1.29 is 29.1 Å². The van der Waals surface area contributed by atoms with E-state index in [-0.39, 0.29) is 6.61 Å². The average molecular weight is 296 g/mol. The predicted octanol–water partition coefficient (Wildman–Crippen LogP) is 3.60. The van der Waals surface area contributed by atoms with Gasteiger partial charge in [-0.1, -0.05) is 38.8 Å². The Morgan fingerprint density at radius 1 is 1.00 bits per heavy atom. The van der Waals surface area contributed by atoms with Crippen molar-refractivity contribution in [2.75, 3.05) is 6.61 Å². The van der Waals surface area contributed by atoms with E-state index in [1.165, 1.54) is 0 Å². The van der Waals surface area contributed by atoms with E-state index in [4.69, 9.17) is 0 Å². The smallest absolute Gasteiger partial charge is 0.432 e. The quantitative estimate of drug-likeness (QED) is 0.316. The standard InChI is InChI=1S/C15H20O6/c1-3-5-6-11-18-15(17)20-21-19-14(16)13-9-7-12(4-2)8-10-13/h7-10H,3-6,11H2,1-2H3. The van der Waals surface area contributed by atoms with Gasteiger partial charge < -0.3 is 4.74 Å². The van der Waals surface area contributed by atoms with E-state index in [1.54, 1.807) is 24.3 Å². The van der Waals surface area contributed by atoms with Crippen LogP contribution < -0.4 is 0 Å². The first-order chi connectivity index (χ1) is 10.2. The number of aryl methyl sites for hydroxylation is 1. The van der Waals surface area contributed by atoms with Gasteiger partial charge >= 0.3 is 12.1 Å². The van der Waals surface area contributed by atoms with E-state index in [1.807, 2.05) is 13.8 Å². The van der Waals surface area contributed by atoms with Gasteiger partial charge in [0.25, 0.3) is 0 Å². The van der Waals surface area contributed by atoms with Crippen LogP contribution in [0, 0.1) is 0 Å². The van der Waals surface area contributed by atoms with Crippen LogP contribution in [0.15, 0.2) is 24.3 Å². The summed E-state index contributed by atoms with van der Waals surface area (Å²) in [6, 6.07) is 6.82. The summed E-state index contributed by atoms with van der Waals surface area (Å²) in [6.07, 6.45) is 2.55. The Morgan fingerprint density at radius 2 is 1.71 bits per heavy atom. The molecule has 0 saturated heterocycles. The molecular weight excluding hydrogens is 276 g/mol. The Kier molecular flexibility index (Phi) is 7.89. The molecule has 1 aromatic carbocycles. The summed E-state index contributed by atoms with van der Waals surface area (Å²) < 4.78 is 4.68. The van der Waals surface area contributed by atoms with Crippen molar-refractivity contribution in [1.82, 2.24) is 0 Å². The molecule has 6 nitrogen and oxygen atoms in total. The molecule has 1 aromatic rings. The van der Waals surface area contributed by atoms with Crippen LogP contribution in [0.1, 0.15) is 49.0 Å². The summed E-state index contributed by atoms with van der Waals surface area (Å²) in [5, 5.41) is 4.10. The lowest BCUT2D eigenvalue weighted by Gasteiger charge is -2.04. The Bertz CT molecular complexity index is 440. The maximum Gasteiger partial charge on any atom is 0.543 e. The molecule has 116 valence electrons. The van der Waals surface area contributed by atoms with Gasteiger partial charge in [0.2, 0.25) is 0 Å². The third-order valence-corrected chi connectivity index (χ3v) is 2.78. The van der Waals surface area contributed by atoms with E-state index in [0.29, 0.717) is 5.56 Å². The number of hydrogen-bond acceptors (Lipinski definition) is 6. The molecule has 1 rings (SSSR count). The lowest BCUT2D eigenvalue weighted by Crippen LogP contribution is -2.12. The molecule has 6 heteroatoms. The van der Waals surface area contributed by atoms with Gasteiger partial charge in [-0.15, -0.1) is 0 Å². The highest BCUT2D eigenvalue weighted by Crippen LogP contribution is 2.07. The molecule has 0 heterocycles. The Balaban J connectivity index is 2.21. The highest BCUT2D eigenvalue weighted by atomic mass is 17.5. The number of hydrogen-bond donors (Lipinski definition) is 0. The summed E-state index contributed by atoms with van der Waals surface area (Å²) in [4.78, 5) is 31.1. The van der Waals surface area contributed by atoms with Crippen LogP contribution in [0.5, 0.6) is 0 Å². The molecule has 0 N–H and O–H groups in total. The van der Waals surface area contributed by atoms with Gasteiger partial charge in [0.1, 0.15) is 0 Å². The molecule has 0 amide bonds. The minimum atomic E-state index is -1.04. The normalized spacial score (nSPS) is 10.0. The Hall–Kier alpha value is -2.08. The molecule has 0 aliphatic carbocycles. The zero-order valence-electron chi connectivity index (χ0n) is 12.3. The topological polar surface area (TPSA) is 71.1 Å². The van der Waals surface area contributed by atoms with Gasteiger partial charge in [-0.2, -0.15) is 0 Å². The minimum absolute atomic E-state index is 0.239. The van der Waals surface area contributed by atoms with Crippen molar-refractivity contribution in [2.45, 2.75) is 39.5 Å². The van der Waals surface area contributed by atoms with E-state index in [0.717, 1.165) is 31.2 Å². The number of rotatable bonds is 8. The van der Waals surface area contributed by atoms with Gasteiger partial charge in [0.05, 0.1) is 17.2 Å². The maximum atomic E-state index is 11.5. The number of carbonyl (C=O) groups is 2. The van der Waals surface area contributed by atoms with Crippen molar-refractivity contribution >= 4 is 12.1 Å². The minimum Gasteiger partial charge on any atom is -0.432 e. The fourth-order valence-electron chi connectivity index (χ4n) is 1.53. The second-order valence-corrected chi connectivity index (χ2v) is 4.38. The van der Waals surface area contributed by atoms with Crippen molar-refractivity contribution in [2.24, 2.45) is 0 Å². The lowest BCUT2D eigenvalue weighted by molar-refractivity contribution is -0.452. The first-order valence-corrected chi connectivity index (χ1v) is 6.98. The van der Waals surface area contributed by atoms with Crippen LogP contribution in [0.2, 0.25) is 0 Å². The van der Waals surface area contributed by atoms with E-state index >= 15 is 0 Å². The van der Waals surface area contributed by atoms with Crippen molar-refractivity contribution in [3.05, 3.63) is 35.4 Å². The van der Waals surface area contributed by atoms with Crippen molar-refractivity contribution in [3.63, 3.8) is 0 Å². The zero-order chi connectivity index (χ0) is 15.5. The number of benzene rings is 1. The molecule has 0 saturated carbocycles. The molecule has 0 unspecified atom stereocenters. The summed E-state index contributed by atoms with van der Waals surface area (Å²) >= 11 is 0. The second kappa shape index (κ2) is 9.77. The fraction of sp³-hybridized carbons (Fsp3) is 0.467. The largest absolute Gasteiger partial charge is 0.543 e. The highest BCUT2D eigenvalue weighted by molar-refractivity contribution is 5.88. The molecule has 0 aliphatic rings. The van der Waals surface area contributed by atoms with Crippen molar-refractivity contribution in [1.29, 1.82) is 0 Å². The summed E-state index contributed by atoms with van der Waals surface area (Å²) in [7, 11) is 0. The average Bonchev–Trinajstić information content (AvgIpc) is 2.51. The first kappa shape index (κ1) is 17.0. The molecular formula is C15H20O6. The van der Waals surface area contributed by atoms with Crippen LogP contribution in [0.25, 0.3) is 0 Å². The van der Waals surface area contributed by atoms with E-state index in [9.17, 15) is 9.59 Å². The van der Waals surface area contributed by atoms with Crippen LogP contribution in [-0.4, -0.2) is 18.7 Å². The summed E-state index contributed by atoms with van der Waals surface area (Å²) in [6.45, 7) is 4.28. The predicted molar refractivity (Wildman–Crippen MR) is 74.3 cm³/mol. The third kappa shape index (κ3) is 6.76. The zero-order valence-corrected chi connectivity index (χ0v) is 12.3. The van der Waals surface area contributed by atoms with Gasteiger partial charge in [-0.25, -0.2) is 14.5 Å². The lowest BCUT2D eigenvalue weighted by atomic mass is 10.1. The van der Waals surface area contributed by atoms with Crippen LogP contribution in [0.3, 0.4) is 0 Å². The molecule has 0 atom stereocenters. The first-order valence-electron chi connectivity index (χ1n) is 6.98. The van der Waals surface area contributed by atoms with Crippen LogP contribution in [0.4, 0.5) is 4.79 Å². The van der Waals surface area contributed by atoms with E-state index in [2.05, 4.69) is 19.6 Å². The SMILES string of the molecule is CCCCCOC(=O)OOOC(=O)c1ccc(CC)cc1. The fourth-order valence-corrected chi connectivity index (χ4v) is 1.53. The molecule has 0 aromatic heterocycles. The van der Waals surface area contributed by atoms with Crippen molar-refractivity contribution in [3.8, 4) is 0 Å². The van der Waals surface area contributed by atoms with Crippen LogP contribution in [-0.2, 0) is 26.0 Å². The van der Waals surface area contributed by atoms with Crippen LogP contribution >= 0.6 is 0 Å². The molecule has 0 bridgehead atoms. The maximum absolute atomic E-state index is 11.5. The molecule has 0 fully saturated rings. The molecule has 0 radical (unpaired) electrons. The number of unbranched alkanes of at least 4 members (excludes halogenated alkanes) is 2. The second-order valence-electron chi connectivity index (χ2n) is 4.38. The summed E-state index contributed by atoms with van der Waals surface area (Å²) in [5.74, 6) is -0.753. The third-order valence-electron chi connectivity index (χ3n) is 2.78.